The highest BCUT2D eigenvalue weighted by molar-refractivity contribution is 5.98. The van der Waals surface area contributed by atoms with Gasteiger partial charge in [-0.3, -0.25) is 4.79 Å². The van der Waals surface area contributed by atoms with Crippen molar-refractivity contribution in [2.75, 3.05) is 64.9 Å². The smallest absolute Gasteiger partial charge is 0.265 e. The van der Waals surface area contributed by atoms with E-state index < -0.39 is 0 Å². The van der Waals surface area contributed by atoms with E-state index in [1.54, 1.807) is 7.11 Å². The Morgan fingerprint density at radius 2 is 1.96 bits per heavy atom. The number of amides is 1. The molecule has 1 aromatic carbocycles. The van der Waals surface area contributed by atoms with Gasteiger partial charge in [0, 0.05) is 38.8 Å². The van der Waals surface area contributed by atoms with Gasteiger partial charge < -0.3 is 24.2 Å². The van der Waals surface area contributed by atoms with Gasteiger partial charge in [-0.2, -0.15) is 0 Å². The van der Waals surface area contributed by atoms with Crippen molar-refractivity contribution in [1.29, 1.82) is 0 Å². The SMILES string of the molecule is COc1ccc2c(c1)N(CCCN1CCN(C)CC1)C(=O)CO2. The first-order valence-electron chi connectivity index (χ1n) is 8.19. The number of hydrogen-bond acceptors (Lipinski definition) is 5. The Labute approximate surface area is 137 Å². The highest BCUT2D eigenvalue weighted by atomic mass is 16.5. The molecule has 2 aliphatic heterocycles. The third-order valence-electron chi connectivity index (χ3n) is 4.56. The summed E-state index contributed by atoms with van der Waals surface area (Å²) in [4.78, 5) is 18.9. The number of nitrogens with zero attached hydrogens (tertiary/aromatic N) is 3. The molecule has 1 aromatic rings. The van der Waals surface area contributed by atoms with E-state index in [1.807, 2.05) is 23.1 Å². The number of carbonyl (C=O) groups is 1. The summed E-state index contributed by atoms with van der Waals surface area (Å²) in [7, 11) is 3.79. The second-order valence-corrected chi connectivity index (χ2v) is 6.17. The molecule has 0 radical (unpaired) electrons. The van der Waals surface area contributed by atoms with Gasteiger partial charge in [-0.1, -0.05) is 0 Å². The topological polar surface area (TPSA) is 45.2 Å². The molecule has 0 aromatic heterocycles. The number of carbonyl (C=O) groups excluding carboxylic acids is 1. The Bertz CT molecular complexity index is 556. The second kappa shape index (κ2) is 7.19. The molecule has 0 N–H and O–H groups in total. The highest BCUT2D eigenvalue weighted by Crippen LogP contribution is 2.35. The average molecular weight is 319 g/mol. The molecular formula is C17H25N3O3. The largest absolute Gasteiger partial charge is 0.497 e. The molecule has 6 heteroatoms. The van der Waals surface area contributed by atoms with E-state index in [-0.39, 0.29) is 12.5 Å². The van der Waals surface area contributed by atoms with Crippen LogP contribution in [0.15, 0.2) is 18.2 Å². The van der Waals surface area contributed by atoms with Gasteiger partial charge in [-0.25, -0.2) is 0 Å². The Morgan fingerprint density at radius 1 is 1.17 bits per heavy atom. The zero-order valence-corrected chi connectivity index (χ0v) is 14.0. The van der Waals surface area contributed by atoms with Crippen LogP contribution in [-0.2, 0) is 4.79 Å². The summed E-state index contributed by atoms with van der Waals surface area (Å²) in [6, 6.07) is 5.60. The molecule has 0 aliphatic carbocycles. The van der Waals surface area contributed by atoms with Crippen LogP contribution in [-0.4, -0.2) is 75.7 Å². The first kappa shape index (κ1) is 16.1. The number of piperazine rings is 1. The van der Waals surface area contributed by atoms with Gasteiger partial charge in [0.15, 0.2) is 6.61 Å². The van der Waals surface area contributed by atoms with Crippen LogP contribution >= 0.6 is 0 Å². The van der Waals surface area contributed by atoms with Crippen molar-refractivity contribution in [3.05, 3.63) is 18.2 Å². The lowest BCUT2D eigenvalue weighted by Crippen LogP contribution is -2.46. The summed E-state index contributed by atoms with van der Waals surface area (Å²) < 4.78 is 10.8. The summed E-state index contributed by atoms with van der Waals surface area (Å²) >= 11 is 0. The molecule has 3 rings (SSSR count). The standard InChI is InChI=1S/C17H25N3O3/c1-18-8-10-19(11-9-18)6-3-7-20-15-12-14(22-2)4-5-16(15)23-13-17(20)21/h4-5,12H,3,6-11,13H2,1-2H3. The van der Waals surface area contributed by atoms with Gasteiger partial charge in [0.25, 0.3) is 5.91 Å². The minimum Gasteiger partial charge on any atom is -0.497 e. The fourth-order valence-electron chi connectivity index (χ4n) is 3.08. The number of rotatable bonds is 5. The van der Waals surface area contributed by atoms with Crippen molar-refractivity contribution in [2.24, 2.45) is 0 Å². The molecule has 0 atom stereocenters. The number of fused-ring (bicyclic) bond motifs is 1. The van der Waals surface area contributed by atoms with Gasteiger partial charge in [0.05, 0.1) is 12.8 Å². The number of hydrogen-bond donors (Lipinski definition) is 0. The average Bonchev–Trinajstić information content (AvgIpc) is 2.58. The molecule has 0 spiro atoms. The molecule has 0 bridgehead atoms. The van der Waals surface area contributed by atoms with Gasteiger partial charge >= 0.3 is 0 Å². The second-order valence-electron chi connectivity index (χ2n) is 6.17. The fraction of sp³-hybridized carbons (Fsp3) is 0.588. The third-order valence-corrected chi connectivity index (χ3v) is 4.56. The van der Waals surface area contributed by atoms with E-state index in [0.29, 0.717) is 6.54 Å². The Balaban J connectivity index is 1.60. The monoisotopic (exact) mass is 319 g/mol. The number of likely N-dealkylation sites (N-methyl/N-ethyl adjacent to an activating group) is 1. The summed E-state index contributed by atoms with van der Waals surface area (Å²) in [5, 5.41) is 0. The van der Waals surface area contributed by atoms with Crippen LogP contribution < -0.4 is 14.4 Å². The predicted octanol–water partition coefficient (Wildman–Crippen LogP) is 1.06. The zero-order chi connectivity index (χ0) is 16.2. The van der Waals surface area contributed by atoms with Gasteiger partial charge in [0.2, 0.25) is 0 Å². The molecule has 1 amide bonds. The molecule has 0 saturated carbocycles. The first-order valence-corrected chi connectivity index (χ1v) is 8.19. The molecule has 126 valence electrons. The van der Waals surface area contributed by atoms with Crippen LogP contribution in [0.1, 0.15) is 6.42 Å². The molecule has 2 aliphatic rings. The predicted molar refractivity (Wildman–Crippen MR) is 89.4 cm³/mol. The van der Waals surface area contributed by atoms with E-state index in [9.17, 15) is 4.79 Å². The molecule has 0 unspecified atom stereocenters. The lowest BCUT2D eigenvalue weighted by atomic mass is 10.2. The zero-order valence-electron chi connectivity index (χ0n) is 14.0. The Morgan fingerprint density at radius 3 is 2.70 bits per heavy atom. The minimum absolute atomic E-state index is 0.0177. The van der Waals surface area contributed by atoms with Crippen LogP contribution in [0.3, 0.4) is 0 Å². The van der Waals surface area contributed by atoms with Crippen molar-refractivity contribution in [2.45, 2.75) is 6.42 Å². The van der Waals surface area contributed by atoms with E-state index >= 15 is 0 Å². The molecule has 1 fully saturated rings. The molecule has 6 nitrogen and oxygen atoms in total. The van der Waals surface area contributed by atoms with Crippen molar-refractivity contribution >= 4 is 11.6 Å². The Kier molecular flexibility index (Phi) is 5.03. The van der Waals surface area contributed by atoms with Crippen molar-refractivity contribution < 1.29 is 14.3 Å². The van der Waals surface area contributed by atoms with Crippen molar-refractivity contribution in [1.82, 2.24) is 9.80 Å². The van der Waals surface area contributed by atoms with Gasteiger partial charge in [-0.15, -0.1) is 0 Å². The fourth-order valence-corrected chi connectivity index (χ4v) is 3.08. The Hall–Kier alpha value is -1.79. The normalized spacial score (nSPS) is 19.4. The first-order chi connectivity index (χ1) is 11.2. The lowest BCUT2D eigenvalue weighted by Gasteiger charge is -2.33. The molecule has 23 heavy (non-hydrogen) atoms. The van der Waals surface area contributed by atoms with Crippen LogP contribution in [0, 0.1) is 0 Å². The summed E-state index contributed by atoms with van der Waals surface area (Å²) in [5.74, 6) is 1.51. The van der Waals surface area contributed by atoms with E-state index in [1.165, 1.54) is 0 Å². The number of methoxy groups -OCH3 is 1. The quantitative estimate of drug-likeness (QED) is 0.812. The van der Waals surface area contributed by atoms with Gasteiger partial charge in [-0.05, 0) is 32.1 Å². The number of anilines is 1. The van der Waals surface area contributed by atoms with Crippen LogP contribution in [0.5, 0.6) is 11.5 Å². The molecule has 1 saturated heterocycles. The van der Waals surface area contributed by atoms with E-state index in [0.717, 1.165) is 56.3 Å². The highest BCUT2D eigenvalue weighted by Gasteiger charge is 2.26. The maximum atomic E-state index is 12.2. The lowest BCUT2D eigenvalue weighted by molar-refractivity contribution is -0.121. The minimum atomic E-state index is 0.0177. The van der Waals surface area contributed by atoms with Crippen LogP contribution in [0.25, 0.3) is 0 Å². The van der Waals surface area contributed by atoms with Crippen LogP contribution in [0.4, 0.5) is 5.69 Å². The van der Waals surface area contributed by atoms with Crippen LogP contribution in [0.2, 0.25) is 0 Å². The molecular weight excluding hydrogens is 294 g/mol. The molecule has 2 heterocycles. The maximum Gasteiger partial charge on any atom is 0.265 e. The maximum absolute atomic E-state index is 12.2. The van der Waals surface area contributed by atoms with Crippen molar-refractivity contribution in [3.63, 3.8) is 0 Å². The van der Waals surface area contributed by atoms with Gasteiger partial charge in [0.1, 0.15) is 11.5 Å². The van der Waals surface area contributed by atoms with E-state index in [2.05, 4.69) is 16.8 Å². The number of ether oxygens (including phenoxy) is 2. The number of benzene rings is 1. The third kappa shape index (κ3) is 3.76. The summed E-state index contributed by atoms with van der Waals surface area (Å²) in [6.07, 6.45) is 0.964. The van der Waals surface area contributed by atoms with Crippen molar-refractivity contribution in [3.8, 4) is 11.5 Å². The summed E-state index contributed by atoms with van der Waals surface area (Å²) in [5.41, 5.74) is 0.818. The summed E-state index contributed by atoms with van der Waals surface area (Å²) in [6.45, 7) is 6.32. The van der Waals surface area contributed by atoms with E-state index in [4.69, 9.17) is 9.47 Å².